The summed E-state index contributed by atoms with van der Waals surface area (Å²) in [7, 11) is -4.17. The second-order valence-electron chi connectivity index (χ2n) is 10.1. The molecule has 11 heteroatoms. The molecule has 1 unspecified atom stereocenters. The van der Waals surface area contributed by atoms with Gasteiger partial charge in [0.15, 0.2) is 0 Å². The first kappa shape index (κ1) is 33.4. The third-order valence-electron chi connectivity index (χ3n) is 6.45. The second kappa shape index (κ2) is 15.4. The number of halogens is 2. The summed E-state index contributed by atoms with van der Waals surface area (Å²) in [4.78, 5) is 28.9. The minimum Gasteiger partial charge on any atom is -0.494 e. The first-order chi connectivity index (χ1) is 20.0. The molecule has 8 nitrogen and oxygen atoms in total. The van der Waals surface area contributed by atoms with E-state index in [1.54, 1.807) is 60.7 Å². The summed E-state index contributed by atoms with van der Waals surface area (Å²) in [5.41, 5.74) is 1.05. The summed E-state index contributed by atoms with van der Waals surface area (Å²) in [6, 6.07) is 18.9. The van der Waals surface area contributed by atoms with Gasteiger partial charge in [-0.1, -0.05) is 60.4 Å². The number of carbonyl (C=O) groups excluding carboxylic acids is 2. The minimum atomic E-state index is -4.17. The molecule has 42 heavy (non-hydrogen) atoms. The van der Waals surface area contributed by atoms with Crippen molar-refractivity contribution in [1.82, 2.24) is 10.2 Å². The van der Waals surface area contributed by atoms with Crippen LogP contribution in [0, 0.1) is 5.92 Å². The molecule has 0 aromatic heterocycles. The molecule has 0 aliphatic rings. The van der Waals surface area contributed by atoms with Crippen LogP contribution in [0.5, 0.6) is 5.75 Å². The molecule has 0 bridgehead atoms. The standard InChI is InChI=1S/C31H37BrClN3O5S/c1-5-29(31(38)34-19-22(3)4)35(20-23-7-11-25(33)12-8-23)30(37)21-36(26-13-15-27(16-14-26)41-6-2)42(39,40)28-17-9-24(32)10-18-28/h7-18,22,29H,5-6,19-21H2,1-4H3,(H,34,38). The van der Waals surface area contributed by atoms with E-state index in [9.17, 15) is 18.0 Å². The van der Waals surface area contributed by atoms with E-state index in [1.807, 2.05) is 27.7 Å². The molecule has 1 atom stereocenters. The summed E-state index contributed by atoms with van der Waals surface area (Å²) in [5, 5.41) is 3.47. The molecule has 1 N–H and O–H groups in total. The number of rotatable bonds is 14. The number of nitrogens with zero attached hydrogens (tertiary/aromatic N) is 2. The van der Waals surface area contributed by atoms with Crippen LogP contribution in [0.1, 0.15) is 39.7 Å². The highest BCUT2D eigenvalue weighted by Gasteiger charge is 2.33. The van der Waals surface area contributed by atoms with Gasteiger partial charge in [-0.2, -0.15) is 0 Å². The Labute approximate surface area is 262 Å². The maximum absolute atomic E-state index is 14.1. The zero-order chi connectivity index (χ0) is 30.9. The molecule has 0 saturated heterocycles. The Hall–Kier alpha value is -3.08. The normalized spacial score (nSPS) is 12.1. The molecule has 0 spiro atoms. The van der Waals surface area contributed by atoms with E-state index in [-0.39, 0.29) is 23.3 Å². The van der Waals surface area contributed by atoms with E-state index in [0.717, 1.165) is 14.3 Å². The lowest BCUT2D eigenvalue weighted by molar-refractivity contribution is -0.140. The molecule has 3 rings (SSSR count). The Bertz CT molecular complexity index is 1430. The van der Waals surface area contributed by atoms with E-state index in [0.29, 0.717) is 36.0 Å². The first-order valence-corrected chi connectivity index (χ1v) is 16.4. The molecule has 3 aromatic carbocycles. The lowest BCUT2D eigenvalue weighted by Crippen LogP contribution is -2.52. The van der Waals surface area contributed by atoms with Crippen molar-refractivity contribution >= 4 is 55.1 Å². The van der Waals surface area contributed by atoms with Crippen LogP contribution in [0.4, 0.5) is 5.69 Å². The number of sulfonamides is 1. The smallest absolute Gasteiger partial charge is 0.264 e. The number of amides is 2. The van der Waals surface area contributed by atoms with Crippen molar-refractivity contribution < 1.29 is 22.7 Å². The molecular formula is C31H37BrClN3O5S. The van der Waals surface area contributed by atoms with Gasteiger partial charge in [-0.15, -0.1) is 0 Å². The van der Waals surface area contributed by atoms with Crippen molar-refractivity contribution in [2.45, 2.75) is 51.6 Å². The average Bonchev–Trinajstić information content (AvgIpc) is 2.96. The fraction of sp³-hybridized carbons (Fsp3) is 0.355. The second-order valence-corrected chi connectivity index (χ2v) is 13.3. The SMILES string of the molecule is CCOc1ccc(N(CC(=O)N(Cc2ccc(Cl)cc2)C(CC)C(=O)NCC(C)C)S(=O)(=O)c2ccc(Br)cc2)cc1. The first-order valence-electron chi connectivity index (χ1n) is 13.8. The molecule has 0 radical (unpaired) electrons. The van der Waals surface area contributed by atoms with E-state index in [4.69, 9.17) is 16.3 Å². The predicted octanol–water partition coefficient (Wildman–Crippen LogP) is 6.28. The number of nitrogens with one attached hydrogen (secondary N) is 1. The maximum atomic E-state index is 14.1. The summed E-state index contributed by atoms with van der Waals surface area (Å²) in [6.45, 7) is 8.13. The molecule has 2 amide bonds. The van der Waals surface area contributed by atoms with E-state index in [1.165, 1.54) is 17.0 Å². The van der Waals surface area contributed by atoms with Crippen LogP contribution < -0.4 is 14.4 Å². The van der Waals surface area contributed by atoms with Gasteiger partial charge in [0.25, 0.3) is 10.0 Å². The van der Waals surface area contributed by atoms with Gasteiger partial charge in [-0.3, -0.25) is 13.9 Å². The number of hydrogen-bond donors (Lipinski definition) is 1. The van der Waals surface area contributed by atoms with Crippen molar-refractivity contribution in [2.24, 2.45) is 5.92 Å². The number of ether oxygens (including phenoxy) is 1. The Morgan fingerprint density at radius 3 is 2.12 bits per heavy atom. The number of carbonyl (C=O) groups is 2. The van der Waals surface area contributed by atoms with E-state index in [2.05, 4.69) is 21.2 Å². The topological polar surface area (TPSA) is 96.0 Å². The molecular weight excluding hydrogens is 642 g/mol. The molecule has 3 aromatic rings. The van der Waals surface area contributed by atoms with Gasteiger partial charge in [-0.05, 0) is 85.5 Å². The Kier molecular flexibility index (Phi) is 12.3. The summed E-state index contributed by atoms with van der Waals surface area (Å²) < 4.78 is 35.3. The van der Waals surface area contributed by atoms with Crippen LogP contribution in [0.25, 0.3) is 0 Å². The third kappa shape index (κ3) is 8.96. The van der Waals surface area contributed by atoms with E-state index < -0.39 is 28.5 Å². The average molecular weight is 679 g/mol. The highest BCUT2D eigenvalue weighted by Crippen LogP contribution is 2.28. The van der Waals surface area contributed by atoms with Crippen LogP contribution in [0.2, 0.25) is 5.02 Å². The van der Waals surface area contributed by atoms with Crippen molar-refractivity contribution in [2.75, 3.05) is 24.0 Å². The van der Waals surface area contributed by atoms with Gasteiger partial charge in [0.2, 0.25) is 11.8 Å². The highest BCUT2D eigenvalue weighted by molar-refractivity contribution is 9.10. The highest BCUT2D eigenvalue weighted by atomic mass is 79.9. The van der Waals surface area contributed by atoms with Crippen molar-refractivity contribution in [3.05, 3.63) is 87.9 Å². The maximum Gasteiger partial charge on any atom is 0.264 e. The number of anilines is 1. The lowest BCUT2D eigenvalue weighted by atomic mass is 10.1. The molecule has 226 valence electrons. The van der Waals surface area contributed by atoms with Crippen molar-refractivity contribution in [3.63, 3.8) is 0 Å². The molecule has 0 heterocycles. The van der Waals surface area contributed by atoms with E-state index >= 15 is 0 Å². The minimum absolute atomic E-state index is 0.0263. The molecule has 0 aliphatic heterocycles. The largest absolute Gasteiger partial charge is 0.494 e. The van der Waals surface area contributed by atoms with Crippen LogP contribution in [0.3, 0.4) is 0 Å². The van der Waals surface area contributed by atoms with Crippen LogP contribution in [-0.4, -0.2) is 50.9 Å². The fourth-order valence-electron chi connectivity index (χ4n) is 4.27. The quantitative estimate of drug-likeness (QED) is 0.217. The molecule has 0 fully saturated rings. The number of hydrogen-bond acceptors (Lipinski definition) is 5. The van der Waals surface area contributed by atoms with Crippen LogP contribution in [0.15, 0.2) is 82.2 Å². The van der Waals surface area contributed by atoms with Crippen LogP contribution in [-0.2, 0) is 26.2 Å². The van der Waals surface area contributed by atoms with Crippen molar-refractivity contribution in [3.8, 4) is 5.75 Å². The lowest BCUT2D eigenvalue weighted by Gasteiger charge is -2.33. The zero-order valence-electron chi connectivity index (χ0n) is 24.2. The fourth-order valence-corrected chi connectivity index (χ4v) is 6.07. The summed E-state index contributed by atoms with van der Waals surface area (Å²) >= 11 is 9.42. The van der Waals surface area contributed by atoms with Gasteiger partial charge >= 0.3 is 0 Å². The summed E-state index contributed by atoms with van der Waals surface area (Å²) in [6.07, 6.45) is 0.339. The Balaban J connectivity index is 2.04. The molecule has 0 saturated carbocycles. The monoisotopic (exact) mass is 677 g/mol. The summed E-state index contributed by atoms with van der Waals surface area (Å²) in [5.74, 6) is -0.0214. The van der Waals surface area contributed by atoms with Crippen LogP contribution >= 0.6 is 27.5 Å². The van der Waals surface area contributed by atoms with Gasteiger partial charge in [0.05, 0.1) is 17.2 Å². The molecule has 0 aliphatic carbocycles. The Morgan fingerprint density at radius 1 is 0.952 bits per heavy atom. The van der Waals surface area contributed by atoms with Gasteiger partial charge in [0.1, 0.15) is 18.3 Å². The van der Waals surface area contributed by atoms with Gasteiger partial charge < -0.3 is 15.0 Å². The zero-order valence-corrected chi connectivity index (χ0v) is 27.4. The predicted molar refractivity (Wildman–Crippen MR) is 170 cm³/mol. The third-order valence-corrected chi connectivity index (χ3v) is 9.02. The van der Waals surface area contributed by atoms with Gasteiger partial charge in [0, 0.05) is 22.6 Å². The number of benzene rings is 3. The van der Waals surface area contributed by atoms with Gasteiger partial charge in [-0.25, -0.2) is 8.42 Å². The Morgan fingerprint density at radius 2 is 1.57 bits per heavy atom. The van der Waals surface area contributed by atoms with Crippen molar-refractivity contribution in [1.29, 1.82) is 0 Å².